The summed E-state index contributed by atoms with van der Waals surface area (Å²) in [6, 6.07) is 24.9. The fourth-order valence-corrected chi connectivity index (χ4v) is 3.38. The van der Waals surface area contributed by atoms with Crippen LogP contribution in [0.15, 0.2) is 83.3 Å². The van der Waals surface area contributed by atoms with Crippen LogP contribution >= 0.6 is 0 Å². The van der Waals surface area contributed by atoms with Crippen molar-refractivity contribution < 1.29 is 13.9 Å². The Balaban J connectivity index is 1.86. The second kappa shape index (κ2) is 6.87. The van der Waals surface area contributed by atoms with Gasteiger partial charge >= 0.3 is 5.97 Å². The summed E-state index contributed by atoms with van der Waals surface area (Å²) in [4.78, 5) is 21.5. The van der Waals surface area contributed by atoms with Gasteiger partial charge in [0.05, 0.1) is 16.4 Å². The number of para-hydroxylation sites is 3. The van der Waals surface area contributed by atoms with Crippen LogP contribution in [0.4, 0.5) is 0 Å². The minimum atomic E-state index is -0.423. The number of ether oxygens (including phenoxy) is 1. The van der Waals surface area contributed by atoms with Gasteiger partial charge in [-0.3, -0.25) is 4.79 Å². The zero-order chi connectivity index (χ0) is 19.8. The van der Waals surface area contributed by atoms with E-state index < -0.39 is 5.97 Å². The van der Waals surface area contributed by atoms with E-state index in [1.807, 2.05) is 78.9 Å². The van der Waals surface area contributed by atoms with E-state index in [4.69, 9.17) is 19.1 Å². The smallest absolute Gasteiger partial charge is 0.308 e. The molecular formula is C24H16N2O3. The summed E-state index contributed by atoms with van der Waals surface area (Å²) in [7, 11) is 0. The zero-order valence-electron chi connectivity index (χ0n) is 15.6. The molecule has 0 radical (unpaired) electrons. The number of hydrogen-bond acceptors (Lipinski definition) is 5. The second-order valence-electron chi connectivity index (χ2n) is 6.63. The van der Waals surface area contributed by atoms with E-state index in [-0.39, 0.29) is 0 Å². The van der Waals surface area contributed by atoms with Crippen molar-refractivity contribution in [2.24, 2.45) is 0 Å². The molecule has 5 nitrogen and oxygen atoms in total. The van der Waals surface area contributed by atoms with Gasteiger partial charge in [0, 0.05) is 12.5 Å². The van der Waals surface area contributed by atoms with Crippen molar-refractivity contribution >= 4 is 28.0 Å². The van der Waals surface area contributed by atoms with E-state index in [2.05, 4.69) is 0 Å². The number of fused-ring (bicyclic) bond motifs is 2. The van der Waals surface area contributed by atoms with Gasteiger partial charge < -0.3 is 9.15 Å². The maximum absolute atomic E-state index is 11.8. The Bertz CT molecular complexity index is 1360. The summed E-state index contributed by atoms with van der Waals surface area (Å²) >= 11 is 0. The Kier molecular flexibility index (Phi) is 4.06. The number of carbonyl (C=O) groups is 1. The minimum Gasteiger partial charge on any atom is -0.450 e. The SMILES string of the molecule is CC(=O)Oc1c(-c2nc3ccccc3nc2-c2ccccc2)oc2ccccc12. The maximum Gasteiger partial charge on any atom is 0.308 e. The van der Waals surface area contributed by atoms with Crippen molar-refractivity contribution in [3.63, 3.8) is 0 Å². The molecular weight excluding hydrogens is 364 g/mol. The van der Waals surface area contributed by atoms with E-state index in [1.165, 1.54) is 6.92 Å². The van der Waals surface area contributed by atoms with Crippen LogP contribution in [0.3, 0.4) is 0 Å². The molecule has 0 saturated carbocycles. The molecule has 0 spiro atoms. The first-order chi connectivity index (χ1) is 14.2. The molecule has 5 aromatic rings. The number of esters is 1. The first-order valence-corrected chi connectivity index (χ1v) is 9.23. The van der Waals surface area contributed by atoms with Crippen LogP contribution < -0.4 is 4.74 Å². The molecule has 0 unspecified atom stereocenters. The lowest BCUT2D eigenvalue weighted by atomic mass is 10.1. The standard InChI is InChI=1S/C24H16N2O3/c1-15(27)28-23-17-11-5-8-14-20(17)29-24(23)22-21(16-9-3-2-4-10-16)25-18-12-6-7-13-19(18)26-22/h2-14H,1H3. The Morgan fingerprint density at radius 1 is 0.793 bits per heavy atom. The Labute approximate surface area is 166 Å². The van der Waals surface area contributed by atoms with Gasteiger partial charge in [-0.1, -0.05) is 54.6 Å². The molecule has 29 heavy (non-hydrogen) atoms. The lowest BCUT2D eigenvalue weighted by Crippen LogP contribution is -2.03. The van der Waals surface area contributed by atoms with Crippen LogP contribution in [-0.2, 0) is 4.79 Å². The van der Waals surface area contributed by atoms with Gasteiger partial charge in [-0.2, -0.15) is 0 Å². The third-order valence-corrected chi connectivity index (χ3v) is 4.63. The summed E-state index contributed by atoms with van der Waals surface area (Å²) < 4.78 is 11.7. The molecule has 0 fully saturated rings. The monoisotopic (exact) mass is 380 g/mol. The topological polar surface area (TPSA) is 65.2 Å². The van der Waals surface area contributed by atoms with Crippen LogP contribution in [0.5, 0.6) is 5.75 Å². The number of hydrogen-bond donors (Lipinski definition) is 0. The molecule has 0 aliphatic rings. The predicted octanol–water partition coefficient (Wildman–Crippen LogP) is 5.64. The van der Waals surface area contributed by atoms with Crippen molar-refractivity contribution in [1.82, 2.24) is 9.97 Å². The number of furan rings is 1. The highest BCUT2D eigenvalue weighted by molar-refractivity contribution is 5.96. The van der Waals surface area contributed by atoms with Crippen LogP contribution in [0.25, 0.3) is 44.7 Å². The molecule has 5 rings (SSSR count). The van der Waals surface area contributed by atoms with Gasteiger partial charge in [0.25, 0.3) is 0 Å². The second-order valence-corrected chi connectivity index (χ2v) is 6.63. The van der Waals surface area contributed by atoms with E-state index in [9.17, 15) is 4.79 Å². The van der Waals surface area contributed by atoms with Crippen molar-refractivity contribution in [3.8, 4) is 28.5 Å². The first-order valence-electron chi connectivity index (χ1n) is 9.23. The summed E-state index contributed by atoms with van der Waals surface area (Å²) in [6.07, 6.45) is 0. The van der Waals surface area contributed by atoms with Crippen molar-refractivity contribution in [3.05, 3.63) is 78.9 Å². The average molecular weight is 380 g/mol. The van der Waals surface area contributed by atoms with Gasteiger partial charge in [-0.05, 0) is 24.3 Å². The van der Waals surface area contributed by atoms with Crippen molar-refractivity contribution in [2.75, 3.05) is 0 Å². The van der Waals surface area contributed by atoms with E-state index in [1.54, 1.807) is 0 Å². The third-order valence-electron chi connectivity index (χ3n) is 4.63. The average Bonchev–Trinajstić information content (AvgIpc) is 3.11. The number of benzene rings is 3. The van der Waals surface area contributed by atoms with E-state index in [0.717, 1.165) is 16.6 Å². The molecule has 0 N–H and O–H groups in total. The summed E-state index contributed by atoms with van der Waals surface area (Å²) in [5.41, 5.74) is 4.22. The lowest BCUT2D eigenvalue weighted by molar-refractivity contribution is -0.131. The van der Waals surface area contributed by atoms with Crippen LogP contribution in [-0.4, -0.2) is 15.9 Å². The number of nitrogens with zero attached hydrogens (tertiary/aromatic N) is 2. The summed E-state index contributed by atoms with van der Waals surface area (Å²) in [5.74, 6) is 0.321. The molecule has 140 valence electrons. The molecule has 0 amide bonds. The van der Waals surface area contributed by atoms with Crippen molar-refractivity contribution in [2.45, 2.75) is 6.92 Å². The van der Waals surface area contributed by atoms with Crippen LogP contribution in [0, 0.1) is 0 Å². The quantitative estimate of drug-likeness (QED) is 0.379. The molecule has 0 aliphatic carbocycles. The lowest BCUT2D eigenvalue weighted by Gasteiger charge is -2.10. The number of rotatable bonds is 3. The zero-order valence-corrected chi connectivity index (χ0v) is 15.6. The largest absolute Gasteiger partial charge is 0.450 e. The first kappa shape index (κ1) is 17.1. The van der Waals surface area contributed by atoms with Gasteiger partial charge in [0.1, 0.15) is 17.0 Å². The molecule has 0 bridgehead atoms. The van der Waals surface area contributed by atoms with Crippen LogP contribution in [0.1, 0.15) is 6.92 Å². The predicted molar refractivity (Wildman–Crippen MR) is 111 cm³/mol. The van der Waals surface area contributed by atoms with Crippen LogP contribution in [0.2, 0.25) is 0 Å². The van der Waals surface area contributed by atoms with E-state index >= 15 is 0 Å². The highest BCUT2D eigenvalue weighted by Crippen LogP contribution is 2.42. The molecule has 3 aromatic carbocycles. The van der Waals surface area contributed by atoms with Gasteiger partial charge in [-0.25, -0.2) is 9.97 Å². The minimum absolute atomic E-state index is 0.356. The number of aromatic nitrogens is 2. The third kappa shape index (κ3) is 3.02. The normalized spacial score (nSPS) is 11.1. The molecule has 5 heteroatoms. The highest BCUT2D eigenvalue weighted by Gasteiger charge is 2.24. The summed E-state index contributed by atoms with van der Waals surface area (Å²) in [5, 5.41) is 0.715. The summed E-state index contributed by atoms with van der Waals surface area (Å²) in [6.45, 7) is 1.37. The van der Waals surface area contributed by atoms with E-state index in [0.29, 0.717) is 33.9 Å². The Morgan fingerprint density at radius 3 is 2.14 bits per heavy atom. The number of carbonyl (C=O) groups excluding carboxylic acids is 1. The molecule has 0 saturated heterocycles. The van der Waals surface area contributed by atoms with Crippen molar-refractivity contribution in [1.29, 1.82) is 0 Å². The maximum atomic E-state index is 11.8. The molecule has 0 atom stereocenters. The molecule has 0 aliphatic heterocycles. The fourth-order valence-electron chi connectivity index (χ4n) is 3.38. The van der Waals surface area contributed by atoms with Gasteiger partial charge in [-0.15, -0.1) is 0 Å². The Hall–Kier alpha value is -3.99. The molecule has 2 aromatic heterocycles. The highest BCUT2D eigenvalue weighted by atomic mass is 16.5. The van der Waals surface area contributed by atoms with Gasteiger partial charge in [0.15, 0.2) is 11.5 Å². The van der Waals surface area contributed by atoms with Gasteiger partial charge in [0.2, 0.25) is 0 Å². The molecule has 2 heterocycles. The Morgan fingerprint density at radius 2 is 1.41 bits per heavy atom. The fraction of sp³-hybridized carbons (Fsp3) is 0.0417.